The summed E-state index contributed by atoms with van der Waals surface area (Å²) in [5, 5.41) is 1.17. The Kier molecular flexibility index (Phi) is 5.03. The molecule has 1 aliphatic rings. The van der Waals surface area contributed by atoms with E-state index >= 15 is 0 Å². The quantitative estimate of drug-likeness (QED) is 0.784. The first-order valence-electron chi connectivity index (χ1n) is 6.52. The van der Waals surface area contributed by atoms with Crippen LogP contribution in [0.1, 0.15) is 25.3 Å². The molecule has 0 unspecified atom stereocenters. The van der Waals surface area contributed by atoms with Crippen LogP contribution in [0.4, 0.5) is 0 Å². The summed E-state index contributed by atoms with van der Waals surface area (Å²) in [4.78, 5) is 14.3. The van der Waals surface area contributed by atoms with Crippen molar-refractivity contribution in [2.24, 2.45) is 0 Å². The summed E-state index contributed by atoms with van der Waals surface area (Å²) in [5.41, 5.74) is 1.54. The van der Waals surface area contributed by atoms with Crippen LogP contribution < -0.4 is 0 Å². The summed E-state index contributed by atoms with van der Waals surface area (Å²) < 4.78 is 0. The first kappa shape index (κ1) is 14.6. The Bertz CT molecular complexity index is 491. The van der Waals surface area contributed by atoms with Crippen molar-refractivity contribution in [3.8, 4) is 0 Å². The molecule has 1 aromatic carbocycles. The van der Waals surface area contributed by atoms with Crippen molar-refractivity contribution in [1.29, 1.82) is 0 Å². The van der Waals surface area contributed by atoms with Crippen molar-refractivity contribution in [2.75, 3.05) is 19.6 Å². The maximum Gasteiger partial charge on any atom is 0.161 e. The molecule has 0 spiro atoms. The van der Waals surface area contributed by atoms with Gasteiger partial charge in [0.25, 0.3) is 0 Å². The van der Waals surface area contributed by atoms with Gasteiger partial charge in [0.1, 0.15) is 0 Å². The van der Waals surface area contributed by atoms with E-state index in [4.69, 9.17) is 23.2 Å². The summed E-state index contributed by atoms with van der Waals surface area (Å²) in [6.07, 6.45) is 3.51. The molecule has 0 radical (unpaired) electrons. The van der Waals surface area contributed by atoms with Crippen molar-refractivity contribution in [3.63, 3.8) is 0 Å². The molecule has 1 saturated heterocycles. The summed E-state index contributed by atoms with van der Waals surface area (Å²) >= 11 is 12.3. The Morgan fingerprint density at radius 1 is 1.32 bits per heavy atom. The largest absolute Gasteiger partial charge is 0.299 e. The minimum atomic E-state index is 0.198. The van der Waals surface area contributed by atoms with E-state index in [2.05, 4.69) is 11.8 Å². The van der Waals surface area contributed by atoms with E-state index in [-0.39, 0.29) is 5.78 Å². The van der Waals surface area contributed by atoms with E-state index in [0.717, 1.165) is 30.6 Å². The molecule has 1 aliphatic heterocycles. The molecule has 0 amide bonds. The molecule has 2 nitrogen and oxygen atoms in total. The Hall–Kier alpha value is -0.830. The van der Waals surface area contributed by atoms with Crippen LogP contribution in [0.25, 0.3) is 6.08 Å². The number of rotatable bonds is 3. The highest BCUT2D eigenvalue weighted by molar-refractivity contribution is 6.37. The van der Waals surface area contributed by atoms with Gasteiger partial charge in [-0.2, -0.15) is 0 Å². The second-order valence-electron chi connectivity index (χ2n) is 4.75. The lowest BCUT2D eigenvalue weighted by atomic mass is 10.00. The number of Topliss-reactive ketones (excluding diaryl/α,β-unsaturated/α-hetero) is 1. The van der Waals surface area contributed by atoms with Crippen LogP contribution in [0.15, 0.2) is 23.8 Å². The molecular weight excluding hydrogens is 281 g/mol. The van der Waals surface area contributed by atoms with Crippen molar-refractivity contribution in [1.82, 2.24) is 4.90 Å². The highest BCUT2D eigenvalue weighted by Crippen LogP contribution is 2.28. The van der Waals surface area contributed by atoms with Crippen LogP contribution in [-0.2, 0) is 4.79 Å². The fourth-order valence-corrected chi connectivity index (χ4v) is 2.79. The second-order valence-corrected chi connectivity index (χ2v) is 5.57. The van der Waals surface area contributed by atoms with Crippen molar-refractivity contribution in [3.05, 3.63) is 39.4 Å². The van der Waals surface area contributed by atoms with E-state index in [1.165, 1.54) is 0 Å². The first-order valence-corrected chi connectivity index (χ1v) is 7.27. The monoisotopic (exact) mass is 297 g/mol. The third kappa shape index (κ3) is 3.59. The van der Waals surface area contributed by atoms with Crippen LogP contribution in [0.2, 0.25) is 10.0 Å². The van der Waals surface area contributed by atoms with E-state index < -0.39 is 0 Å². The first-order chi connectivity index (χ1) is 9.11. The van der Waals surface area contributed by atoms with Crippen LogP contribution >= 0.6 is 23.2 Å². The van der Waals surface area contributed by atoms with Gasteiger partial charge in [0.15, 0.2) is 5.78 Å². The summed E-state index contributed by atoms with van der Waals surface area (Å²) in [6, 6.07) is 5.38. The zero-order valence-corrected chi connectivity index (χ0v) is 12.5. The molecule has 0 saturated carbocycles. The third-order valence-corrected chi connectivity index (χ3v) is 3.92. The van der Waals surface area contributed by atoms with E-state index in [1.807, 2.05) is 6.08 Å². The fraction of sp³-hybridized carbons (Fsp3) is 0.400. The van der Waals surface area contributed by atoms with Crippen LogP contribution in [0.3, 0.4) is 0 Å². The van der Waals surface area contributed by atoms with Gasteiger partial charge in [-0.3, -0.25) is 9.69 Å². The molecule has 0 N–H and O–H groups in total. The van der Waals surface area contributed by atoms with Gasteiger partial charge in [0.05, 0.1) is 0 Å². The number of likely N-dealkylation sites (tertiary alicyclic amines) is 1. The maximum absolute atomic E-state index is 12.0. The SMILES string of the molecule is CCCN1CCC(=O)/C(=C/c2c(Cl)cccc2Cl)C1. The summed E-state index contributed by atoms with van der Waals surface area (Å²) in [6.45, 7) is 4.69. The molecule has 1 heterocycles. The summed E-state index contributed by atoms with van der Waals surface area (Å²) in [5.74, 6) is 0.198. The average Bonchev–Trinajstić information content (AvgIpc) is 2.38. The number of benzene rings is 1. The Morgan fingerprint density at radius 2 is 2.00 bits per heavy atom. The topological polar surface area (TPSA) is 20.3 Å². The lowest BCUT2D eigenvalue weighted by Crippen LogP contribution is -2.36. The number of halogens is 2. The van der Waals surface area contributed by atoms with Gasteiger partial charge < -0.3 is 0 Å². The van der Waals surface area contributed by atoms with E-state index in [1.54, 1.807) is 18.2 Å². The van der Waals surface area contributed by atoms with Crippen molar-refractivity contribution >= 4 is 35.1 Å². The maximum atomic E-state index is 12.0. The molecule has 0 atom stereocenters. The standard InChI is InChI=1S/C15H17Cl2NO/c1-2-7-18-8-6-15(19)11(10-18)9-12-13(16)4-3-5-14(12)17/h3-5,9H,2,6-8,10H2,1H3/b11-9+. The molecule has 0 aromatic heterocycles. The number of piperidine rings is 1. The molecule has 1 fully saturated rings. The number of carbonyl (C=O) groups is 1. The molecule has 2 rings (SSSR count). The average molecular weight is 298 g/mol. The number of hydrogen-bond donors (Lipinski definition) is 0. The summed E-state index contributed by atoms with van der Waals surface area (Å²) in [7, 11) is 0. The Balaban J connectivity index is 2.27. The van der Waals surface area contributed by atoms with Gasteiger partial charge in [0.2, 0.25) is 0 Å². The number of nitrogens with zero attached hydrogens (tertiary/aromatic N) is 1. The van der Waals surface area contributed by atoms with E-state index in [9.17, 15) is 4.79 Å². The fourth-order valence-electron chi connectivity index (χ4n) is 2.28. The minimum Gasteiger partial charge on any atom is -0.299 e. The van der Waals surface area contributed by atoms with Gasteiger partial charge in [-0.15, -0.1) is 0 Å². The molecule has 4 heteroatoms. The molecule has 0 aliphatic carbocycles. The highest BCUT2D eigenvalue weighted by Gasteiger charge is 2.21. The lowest BCUT2D eigenvalue weighted by Gasteiger charge is -2.27. The Morgan fingerprint density at radius 3 is 2.63 bits per heavy atom. The highest BCUT2D eigenvalue weighted by atomic mass is 35.5. The normalized spacial score (nSPS) is 19.1. The minimum absolute atomic E-state index is 0.198. The number of hydrogen-bond acceptors (Lipinski definition) is 2. The van der Waals surface area contributed by atoms with Crippen LogP contribution in [0, 0.1) is 0 Å². The third-order valence-electron chi connectivity index (χ3n) is 3.27. The van der Waals surface area contributed by atoms with E-state index in [0.29, 0.717) is 23.0 Å². The van der Waals surface area contributed by atoms with Crippen LogP contribution in [0.5, 0.6) is 0 Å². The molecule has 0 bridgehead atoms. The Labute approximate surface area is 124 Å². The zero-order chi connectivity index (χ0) is 13.8. The number of carbonyl (C=O) groups excluding carboxylic acids is 1. The van der Waals surface area contributed by atoms with Gasteiger partial charge in [0, 0.05) is 40.7 Å². The molecule has 1 aromatic rings. The van der Waals surface area contributed by atoms with Crippen LogP contribution in [-0.4, -0.2) is 30.3 Å². The van der Waals surface area contributed by atoms with Gasteiger partial charge >= 0.3 is 0 Å². The van der Waals surface area contributed by atoms with Gasteiger partial charge in [-0.25, -0.2) is 0 Å². The van der Waals surface area contributed by atoms with Crippen molar-refractivity contribution in [2.45, 2.75) is 19.8 Å². The van der Waals surface area contributed by atoms with Crippen molar-refractivity contribution < 1.29 is 4.79 Å². The molecular formula is C15H17Cl2NO. The number of ketones is 1. The predicted octanol–water partition coefficient (Wildman–Crippen LogP) is 4.06. The smallest absolute Gasteiger partial charge is 0.161 e. The molecule has 19 heavy (non-hydrogen) atoms. The zero-order valence-electron chi connectivity index (χ0n) is 11.0. The predicted molar refractivity (Wildman–Crippen MR) is 80.8 cm³/mol. The molecule has 102 valence electrons. The van der Waals surface area contributed by atoms with Gasteiger partial charge in [-0.1, -0.05) is 36.2 Å². The second kappa shape index (κ2) is 6.56. The van der Waals surface area contributed by atoms with Gasteiger partial charge in [-0.05, 0) is 31.2 Å². The lowest BCUT2D eigenvalue weighted by molar-refractivity contribution is -0.117.